The smallest absolute Gasteiger partial charge is 0.137 e. The highest BCUT2D eigenvalue weighted by molar-refractivity contribution is 6.37. The van der Waals surface area contributed by atoms with Crippen LogP contribution >= 0.6 is 23.2 Å². The van der Waals surface area contributed by atoms with Crippen molar-refractivity contribution in [1.82, 2.24) is 4.98 Å². The van der Waals surface area contributed by atoms with Crippen molar-refractivity contribution in [2.24, 2.45) is 0 Å². The van der Waals surface area contributed by atoms with Gasteiger partial charge in [-0.2, -0.15) is 0 Å². The lowest BCUT2D eigenvalue weighted by Crippen LogP contribution is -1.89. The fourth-order valence-electron chi connectivity index (χ4n) is 1.31. The Morgan fingerprint density at radius 3 is 2.71 bits per heavy atom. The number of nitrogens with zero attached hydrogens (tertiary/aromatic N) is 1. The zero-order chi connectivity index (χ0) is 10.3. The molecule has 0 bridgehead atoms. The van der Waals surface area contributed by atoms with Crippen LogP contribution in [-0.4, -0.2) is 4.98 Å². The van der Waals surface area contributed by atoms with E-state index in [0.717, 1.165) is 0 Å². The van der Waals surface area contributed by atoms with E-state index in [0.29, 0.717) is 21.5 Å². The lowest BCUT2D eigenvalue weighted by Gasteiger charge is -2.04. The monoisotopic (exact) mass is 229 g/mol. The summed E-state index contributed by atoms with van der Waals surface area (Å²) < 4.78 is 13.6. The first kappa shape index (κ1) is 9.69. The van der Waals surface area contributed by atoms with Crippen LogP contribution in [0.15, 0.2) is 18.2 Å². The minimum absolute atomic E-state index is 0.269. The van der Waals surface area contributed by atoms with E-state index in [1.807, 2.05) is 0 Å². The summed E-state index contributed by atoms with van der Waals surface area (Å²) in [7, 11) is 0. The van der Waals surface area contributed by atoms with Crippen molar-refractivity contribution in [3.63, 3.8) is 0 Å². The SMILES string of the molecule is Cc1ccc2nc(Cl)cc(Cl)c2c1F. The predicted molar refractivity (Wildman–Crippen MR) is 56.5 cm³/mol. The van der Waals surface area contributed by atoms with Crippen LogP contribution in [0.25, 0.3) is 10.9 Å². The van der Waals surface area contributed by atoms with Crippen LogP contribution in [0, 0.1) is 12.7 Å². The number of hydrogen-bond acceptors (Lipinski definition) is 1. The number of aromatic nitrogens is 1. The third kappa shape index (κ3) is 1.45. The largest absolute Gasteiger partial charge is 0.236 e. The first-order valence-corrected chi connectivity index (χ1v) is 4.76. The number of benzene rings is 1. The molecule has 0 amide bonds. The van der Waals surface area contributed by atoms with Gasteiger partial charge in [-0.05, 0) is 24.6 Å². The molecule has 0 atom stereocenters. The summed E-state index contributed by atoms with van der Waals surface area (Å²) in [5.74, 6) is -0.336. The van der Waals surface area contributed by atoms with Gasteiger partial charge in [0.15, 0.2) is 0 Å². The molecule has 0 N–H and O–H groups in total. The minimum Gasteiger partial charge on any atom is -0.236 e. The molecule has 0 spiro atoms. The normalized spacial score (nSPS) is 10.9. The van der Waals surface area contributed by atoms with Gasteiger partial charge in [0, 0.05) is 0 Å². The molecule has 1 aromatic carbocycles. The van der Waals surface area contributed by atoms with Gasteiger partial charge in [-0.15, -0.1) is 0 Å². The van der Waals surface area contributed by atoms with Crippen molar-refractivity contribution < 1.29 is 4.39 Å². The molecular weight excluding hydrogens is 224 g/mol. The molecule has 14 heavy (non-hydrogen) atoms. The second-order valence-electron chi connectivity index (χ2n) is 3.02. The van der Waals surface area contributed by atoms with Crippen LogP contribution in [-0.2, 0) is 0 Å². The number of hydrogen-bond donors (Lipinski definition) is 0. The highest BCUT2D eigenvalue weighted by Crippen LogP contribution is 2.28. The average Bonchev–Trinajstić information content (AvgIpc) is 2.10. The molecular formula is C10H6Cl2FN. The van der Waals surface area contributed by atoms with Crippen molar-refractivity contribution >= 4 is 34.1 Å². The summed E-state index contributed by atoms with van der Waals surface area (Å²) in [5, 5.41) is 0.892. The maximum Gasteiger partial charge on any atom is 0.137 e. The molecule has 0 saturated heterocycles. The topological polar surface area (TPSA) is 12.9 Å². The Morgan fingerprint density at radius 2 is 2.00 bits per heavy atom. The Hall–Kier alpha value is -0.860. The minimum atomic E-state index is -0.336. The van der Waals surface area contributed by atoms with Gasteiger partial charge in [0.2, 0.25) is 0 Å². The summed E-state index contributed by atoms with van der Waals surface area (Å²) in [6.07, 6.45) is 0. The van der Waals surface area contributed by atoms with Crippen LogP contribution < -0.4 is 0 Å². The average molecular weight is 230 g/mol. The van der Waals surface area contributed by atoms with E-state index in [9.17, 15) is 4.39 Å². The molecule has 0 radical (unpaired) electrons. The summed E-state index contributed by atoms with van der Waals surface area (Å²) in [5.41, 5.74) is 1.02. The van der Waals surface area contributed by atoms with Crippen LogP contribution in [0.1, 0.15) is 5.56 Å². The van der Waals surface area contributed by atoms with Crippen molar-refractivity contribution in [2.75, 3.05) is 0 Å². The molecule has 72 valence electrons. The fourth-order valence-corrected chi connectivity index (χ4v) is 1.85. The molecule has 1 nitrogen and oxygen atoms in total. The highest BCUT2D eigenvalue weighted by Gasteiger charge is 2.09. The fraction of sp³-hybridized carbons (Fsp3) is 0.100. The van der Waals surface area contributed by atoms with E-state index in [1.165, 1.54) is 6.07 Å². The van der Waals surface area contributed by atoms with E-state index >= 15 is 0 Å². The van der Waals surface area contributed by atoms with E-state index in [-0.39, 0.29) is 11.0 Å². The third-order valence-corrected chi connectivity index (χ3v) is 2.52. The number of fused-ring (bicyclic) bond motifs is 1. The van der Waals surface area contributed by atoms with Gasteiger partial charge in [0.1, 0.15) is 11.0 Å². The number of rotatable bonds is 0. The van der Waals surface area contributed by atoms with Crippen LogP contribution in [0.4, 0.5) is 4.39 Å². The Balaban J connectivity index is 2.95. The van der Waals surface area contributed by atoms with Gasteiger partial charge >= 0.3 is 0 Å². The second kappa shape index (κ2) is 3.37. The first-order valence-electron chi connectivity index (χ1n) is 4.00. The maximum atomic E-state index is 13.6. The summed E-state index contributed by atoms with van der Waals surface area (Å²) in [6, 6.07) is 4.79. The molecule has 0 aliphatic carbocycles. The Kier molecular flexibility index (Phi) is 2.33. The Labute approximate surface area is 90.5 Å². The summed E-state index contributed by atoms with van der Waals surface area (Å²) >= 11 is 11.6. The Morgan fingerprint density at radius 1 is 1.29 bits per heavy atom. The quantitative estimate of drug-likeness (QED) is 0.623. The zero-order valence-electron chi connectivity index (χ0n) is 7.31. The third-order valence-electron chi connectivity index (χ3n) is 2.02. The lowest BCUT2D eigenvalue weighted by atomic mass is 10.1. The second-order valence-corrected chi connectivity index (χ2v) is 3.81. The van der Waals surface area contributed by atoms with Crippen LogP contribution in [0.2, 0.25) is 10.2 Å². The molecule has 2 rings (SSSR count). The van der Waals surface area contributed by atoms with Crippen molar-refractivity contribution in [2.45, 2.75) is 6.92 Å². The standard InChI is InChI=1S/C10H6Cl2FN/c1-5-2-3-7-9(10(5)13)6(11)4-8(12)14-7/h2-4H,1H3. The Bertz CT molecular complexity index is 511. The molecule has 0 fully saturated rings. The molecule has 2 aromatic rings. The van der Waals surface area contributed by atoms with Gasteiger partial charge in [-0.1, -0.05) is 29.3 Å². The molecule has 0 aliphatic heterocycles. The van der Waals surface area contributed by atoms with E-state index in [1.54, 1.807) is 19.1 Å². The van der Waals surface area contributed by atoms with E-state index in [2.05, 4.69) is 4.98 Å². The molecule has 1 heterocycles. The van der Waals surface area contributed by atoms with Gasteiger partial charge in [-0.25, -0.2) is 9.37 Å². The van der Waals surface area contributed by atoms with E-state index in [4.69, 9.17) is 23.2 Å². The van der Waals surface area contributed by atoms with Crippen molar-refractivity contribution in [3.8, 4) is 0 Å². The molecule has 0 unspecified atom stereocenters. The van der Waals surface area contributed by atoms with Crippen molar-refractivity contribution in [1.29, 1.82) is 0 Å². The van der Waals surface area contributed by atoms with Crippen molar-refractivity contribution in [3.05, 3.63) is 39.8 Å². The van der Waals surface area contributed by atoms with Gasteiger partial charge in [-0.3, -0.25) is 0 Å². The number of halogens is 3. The molecule has 4 heteroatoms. The van der Waals surface area contributed by atoms with Gasteiger partial charge in [0.25, 0.3) is 0 Å². The first-order chi connectivity index (χ1) is 6.59. The maximum absolute atomic E-state index is 13.6. The number of aryl methyl sites for hydroxylation is 1. The zero-order valence-corrected chi connectivity index (χ0v) is 8.83. The predicted octanol–water partition coefficient (Wildman–Crippen LogP) is 3.99. The summed E-state index contributed by atoms with van der Waals surface area (Å²) in [6.45, 7) is 1.68. The van der Waals surface area contributed by atoms with E-state index < -0.39 is 0 Å². The molecule has 0 saturated carbocycles. The molecule has 0 aliphatic rings. The van der Waals surface area contributed by atoms with Gasteiger partial charge < -0.3 is 0 Å². The molecule has 1 aromatic heterocycles. The lowest BCUT2D eigenvalue weighted by molar-refractivity contribution is 0.630. The summed E-state index contributed by atoms with van der Waals surface area (Å²) in [4.78, 5) is 3.98. The van der Waals surface area contributed by atoms with Crippen LogP contribution in [0.5, 0.6) is 0 Å². The van der Waals surface area contributed by atoms with Gasteiger partial charge in [0.05, 0.1) is 15.9 Å². The highest BCUT2D eigenvalue weighted by atomic mass is 35.5. The number of pyridine rings is 1. The van der Waals surface area contributed by atoms with Crippen LogP contribution in [0.3, 0.4) is 0 Å².